The van der Waals surface area contributed by atoms with E-state index in [1.165, 1.54) is 17.3 Å². The molecule has 0 radical (unpaired) electrons. The maximum atomic E-state index is 12.1. The highest BCUT2D eigenvalue weighted by Crippen LogP contribution is 2.19. The predicted molar refractivity (Wildman–Crippen MR) is 97.7 cm³/mol. The number of nitrogens with zero attached hydrogens (tertiary/aromatic N) is 3. The number of hydrogen-bond acceptors (Lipinski definition) is 5. The Balaban J connectivity index is 1.53. The molecular formula is C18H20N4O2S. The lowest BCUT2D eigenvalue weighted by molar-refractivity contribution is -0.113. The normalized spacial score (nSPS) is 11.0. The summed E-state index contributed by atoms with van der Waals surface area (Å²) in [6.07, 6.45) is 3.26. The molecule has 0 aliphatic carbocycles. The van der Waals surface area contributed by atoms with Crippen molar-refractivity contribution in [3.8, 4) is 0 Å². The number of carbonyl (C=O) groups is 1. The molecule has 0 saturated heterocycles. The van der Waals surface area contributed by atoms with Crippen LogP contribution >= 0.6 is 11.8 Å². The minimum absolute atomic E-state index is 0.0742. The molecular weight excluding hydrogens is 336 g/mol. The van der Waals surface area contributed by atoms with Crippen LogP contribution in [0.15, 0.2) is 58.6 Å². The summed E-state index contributed by atoms with van der Waals surface area (Å²) in [5.41, 5.74) is 2.05. The van der Waals surface area contributed by atoms with Crippen LogP contribution in [0.3, 0.4) is 0 Å². The fourth-order valence-electron chi connectivity index (χ4n) is 2.31. The van der Waals surface area contributed by atoms with Crippen molar-refractivity contribution in [3.63, 3.8) is 0 Å². The summed E-state index contributed by atoms with van der Waals surface area (Å²) in [5.74, 6) is 1.48. The van der Waals surface area contributed by atoms with Gasteiger partial charge in [0.2, 0.25) is 5.91 Å². The summed E-state index contributed by atoms with van der Waals surface area (Å²) in [6, 6.07) is 11.7. The second-order valence-corrected chi connectivity index (χ2v) is 6.88. The lowest BCUT2D eigenvalue weighted by Crippen LogP contribution is -2.14. The highest BCUT2D eigenvalue weighted by Gasteiger charge is 2.10. The molecule has 2 heterocycles. The van der Waals surface area contributed by atoms with Gasteiger partial charge < -0.3 is 14.3 Å². The van der Waals surface area contributed by atoms with Crippen molar-refractivity contribution in [1.82, 2.24) is 14.8 Å². The summed E-state index contributed by atoms with van der Waals surface area (Å²) in [4.78, 5) is 12.1. The molecule has 6 nitrogen and oxygen atoms in total. The maximum Gasteiger partial charge on any atom is 0.234 e. The molecule has 7 heteroatoms. The summed E-state index contributed by atoms with van der Waals surface area (Å²) in [7, 11) is 0. The number of carbonyl (C=O) groups excluding carboxylic acids is 1. The van der Waals surface area contributed by atoms with Crippen LogP contribution in [0.1, 0.15) is 31.1 Å². The van der Waals surface area contributed by atoms with Crippen molar-refractivity contribution >= 4 is 23.4 Å². The molecule has 0 aliphatic heterocycles. The van der Waals surface area contributed by atoms with E-state index in [4.69, 9.17) is 4.42 Å². The molecule has 0 fully saturated rings. The average Bonchev–Trinajstić information content (AvgIpc) is 3.26. The van der Waals surface area contributed by atoms with E-state index in [0.717, 1.165) is 11.4 Å². The van der Waals surface area contributed by atoms with Crippen molar-refractivity contribution in [2.75, 3.05) is 11.1 Å². The largest absolute Gasteiger partial charge is 0.467 e. The molecule has 0 bridgehead atoms. The topological polar surface area (TPSA) is 73.0 Å². The molecule has 1 amide bonds. The molecule has 0 saturated carbocycles. The Morgan fingerprint density at radius 1 is 1.28 bits per heavy atom. The standard InChI is InChI=1S/C18H20N4O2S/c1-13(2)14-5-7-15(8-6-14)20-17(23)11-25-18-21-19-12-22(18)10-16-4-3-9-24-16/h3-9,12-13H,10-11H2,1-2H3,(H,20,23). The van der Waals surface area contributed by atoms with Crippen molar-refractivity contribution < 1.29 is 9.21 Å². The van der Waals surface area contributed by atoms with Crippen molar-refractivity contribution in [1.29, 1.82) is 0 Å². The Morgan fingerprint density at radius 2 is 2.08 bits per heavy atom. The third kappa shape index (κ3) is 4.73. The van der Waals surface area contributed by atoms with Gasteiger partial charge >= 0.3 is 0 Å². The van der Waals surface area contributed by atoms with Crippen LogP contribution < -0.4 is 5.32 Å². The number of furan rings is 1. The van der Waals surface area contributed by atoms with Gasteiger partial charge in [0, 0.05) is 5.69 Å². The van der Waals surface area contributed by atoms with Crippen LogP contribution in [-0.2, 0) is 11.3 Å². The van der Waals surface area contributed by atoms with Crippen LogP contribution in [0.25, 0.3) is 0 Å². The van der Waals surface area contributed by atoms with E-state index in [1.54, 1.807) is 12.6 Å². The SMILES string of the molecule is CC(C)c1ccc(NC(=O)CSc2nncn2Cc2ccco2)cc1. The predicted octanol–water partition coefficient (Wildman–Crippen LogP) is 3.77. The smallest absolute Gasteiger partial charge is 0.234 e. The molecule has 130 valence electrons. The molecule has 1 N–H and O–H groups in total. The first-order chi connectivity index (χ1) is 12.1. The highest BCUT2D eigenvalue weighted by molar-refractivity contribution is 7.99. The van der Waals surface area contributed by atoms with Crippen LogP contribution in [0.4, 0.5) is 5.69 Å². The van der Waals surface area contributed by atoms with E-state index in [-0.39, 0.29) is 11.7 Å². The number of anilines is 1. The first-order valence-corrected chi connectivity index (χ1v) is 9.03. The zero-order valence-corrected chi connectivity index (χ0v) is 15.0. The van der Waals surface area contributed by atoms with Crippen LogP contribution in [0.5, 0.6) is 0 Å². The summed E-state index contributed by atoms with van der Waals surface area (Å²) < 4.78 is 7.18. The Hall–Kier alpha value is -2.54. The Labute approximate surface area is 150 Å². The monoisotopic (exact) mass is 356 g/mol. The highest BCUT2D eigenvalue weighted by atomic mass is 32.2. The van der Waals surface area contributed by atoms with Gasteiger partial charge in [-0.15, -0.1) is 10.2 Å². The third-order valence-corrected chi connectivity index (χ3v) is 4.66. The zero-order valence-electron chi connectivity index (χ0n) is 14.2. The molecule has 0 spiro atoms. The first kappa shape index (κ1) is 17.3. The quantitative estimate of drug-likeness (QED) is 0.652. The first-order valence-electron chi connectivity index (χ1n) is 8.04. The Bertz CT molecular complexity index is 810. The van der Waals surface area contributed by atoms with Gasteiger partial charge in [-0.1, -0.05) is 37.7 Å². The lowest BCUT2D eigenvalue weighted by Gasteiger charge is -2.08. The van der Waals surface area contributed by atoms with Gasteiger partial charge in [0.05, 0.1) is 18.6 Å². The van der Waals surface area contributed by atoms with Crippen molar-refractivity contribution in [3.05, 3.63) is 60.3 Å². The third-order valence-electron chi connectivity index (χ3n) is 3.68. The van der Waals surface area contributed by atoms with E-state index in [1.807, 2.05) is 41.0 Å². The molecule has 1 aromatic carbocycles. The minimum Gasteiger partial charge on any atom is -0.467 e. The van der Waals surface area contributed by atoms with Gasteiger partial charge in [0.15, 0.2) is 5.16 Å². The van der Waals surface area contributed by atoms with Gasteiger partial charge in [-0.3, -0.25) is 4.79 Å². The average molecular weight is 356 g/mol. The number of hydrogen-bond donors (Lipinski definition) is 1. The number of amides is 1. The summed E-state index contributed by atoms with van der Waals surface area (Å²) >= 11 is 1.35. The second kappa shape index (κ2) is 8.02. The van der Waals surface area contributed by atoms with E-state index in [2.05, 4.69) is 29.4 Å². The second-order valence-electron chi connectivity index (χ2n) is 5.93. The van der Waals surface area contributed by atoms with Gasteiger partial charge in [-0.05, 0) is 35.7 Å². The fourth-order valence-corrected chi connectivity index (χ4v) is 3.03. The lowest BCUT2D eigenvalue weighted by atomic mass is 10.0. The van der Waals surface area contributed by atoms with Crippen molar-refractivity contribution in [2.24, 2.45) is 0 Å². The number of rotatable bonds is 7. The van der Waals surface area contributed by atoms with Gasteiger partial charge in [0.1, 0.15) is 12.1 Å². The molecule has 0 unspecified atom stereocenters. The fraction of sp³-hybridized carbons (Fsp3) is 0.278. The van der Waals surface area contributed by atoms with Crippen LogP contribution in [0.2, 0.25) is 0 Å². The zero-order chi connectivity index (χ0) is 17.6. The molecule has 0 aliphatic rings. The van der Waals surface area contributed by atoms with Gasteiger partial charge in [-0.25, -0.2) is 0 Å². The van der Waals surface area contributed by atoms with E-state index in [9.17, 15) is 4.79 Å². The number of nitrogens with one attached hydrogen (secondary N) is 1. The van der Waals surface area contributed by atoms with Gasteiger partial charge in [0.25, 0.3) is 0 Å². The van der Waals surface area contributed by atoms with Crippen LogP contribution in [-0.4, -0.2) is 26.4 Å². The molecule has 0 atom stereocenters. The summed E-state index contributed by atoms with van der Waals surface area (Å²) in [6.45, 7) is 4.83. The molecule has 2 aromatic heterocycles. The molecule has 3 rings (SSSR count). The van der Waals surface area contributed by atoms with E-state index >= 15 is 0 Å². The Morgan fingerprint density at radius 3 is 2.76 bits per heavy atom. The molecule has 3 aromatic rings. The number of benzene rings is 1. The maximum absolute atomic E-state index is 12.1. The molecule has 25 heavy (non-hydrogen) atoms. The van der Waals surface area contributed by atoms with Crippen LogP contribution in [0, 0.1) is 0 Å². The minimum atomic E-state index is -0.0742. The van der Waals surface area contributed by atoms with Crippen molar-refractivity contribution in [2.45, 2.75) is 31.5 Å². The summed E-state index contributed by atoms with van der Waals surface area (Å²) in [5, 5.41) is 11.6. The van der Waals surface area contributed by atoms with E-state index < -0.39 is 0 Å². The number of thioether (sulfide) groups is 1. The number of aromatic nitrogens is 3. The Kier molecular flexibility index (Phi) is 5.55. The van der Waals surface area contributed by atoms with E-state index in [0.29, 0.717) is 17.6 Å². The van der Waals surface area contributed by atoms with Gasteiger partial charge in [-0.2, -0.15) is 0 Å².